The second-order valence-corrected chi connectivity index (χ2v) is 5.24. The van der Waals surface area contributed by atoms with Gasteiger partial charge in [0.05, 0.1) is 13.0 Å². The summed E-state index contributed by atoms with van der Waals surface area (Å²) in [7, 11) is 2.31. The molecule has 0 fully saturated rings. The van der Waals surface area contributed by atoms with Crippen LogP contribution in [0.25, 0.3) is 0 Å². The Morgan fingerprint density at radius 1 is 1.50 bits per heavy atom. The number of alkyl halides is 3. The highest BCUT2D eigenvalue weighted by molar-refractivity contribution is 5.74. The van der Waals surface area contributed by atoms with Crippen LogP contribution in [0.5, 0.6) is 0 Å². The number of halogens is 3. The second kappa shape index (κ2) is 5.98. The Labute approximate surface area is 124 Å². The average Bonchev–Trinajstić information content (AvgIpc) is 2.75. The molecule has 0 radical (unpaired) electrons. The van der Waals surface area contributed by atoms with Gasteiger partial charge in [0, 0.05) is 13.6 Å². The number of hydrogen-bond donors (Lipinski definition) is 0. The zero-order chi connectivity index (χ0) is 16.5. The van der Waals surface area contributed by atoms with Crippen molar-refractivity contribution in [2.24, 2.45) is 18.9 Å². The summed E-state index contributed by atoms with van der Waals surface area (Å²) < 4.78 is 44.1. The van der Waals surface area contributed by atoms with E-state index in [1.807, 2.05) is 0 Å². The fraction of sp³-hybridized carbons (Fsp3) is 0.615. The maximum absolute atomic E-state index is 12.7. The van der Waals surface area contributed by atoms with Crippen molar-refractivity contribution in [1.82, 2.24) is 14.3 Å². The van der Waals surface area contributed by atoms with Crippen LogP contribution in [0.1, 0.15) is 18.7 Å². The lowest BCUT2D eigenvalue weighted by atomic mass is 9.86. The van der Waals surface area contributed by atoms with E-state index < -0.39 is 29.6 Å². The molecular weight excluding hydrogens is 303 g/mol. The zero-order valence-electron chi connectivity index (χ0n) is 12.1. The first kappa shape index (κ1) is 16.3. The fourth-order valence-electron chi connectivity index (χ4n) is 2.54. The van der Waals surface area contributed by atoms with E-state index in [0.717, 1.165) is 11.7 Å². The lowest BCUT2D eigenvalue weighted by Crippen LogP contribution is -2.29. The fourth-order valence-corrected chi connectivity index (χ4v) is 2.54. The molecule has 0 aromatic carbocycles. The smallest absolute Gasteiger partial charge is 0.451 e. The van der Waals surface area contributed by atoms with Crippen molar-refractivity contribution in [3.05, 3.63) is 28.5 Å². The first-order chi connectivity index (χ1) is 10.2. The molecule has 0 saturated carbocycles. The van der Waals surface area contributed by atoms with E-state index in [1.54, 1.807) is 12.2 Å². The minimum absolute atomic E-state index is 0.0284. The van der Waals surface area contributed by atoms with Crippen LogP contribution in [0.15, 0.2) is 16.9 Å². The summed E-state index contributed by atoms with van der Waals surface area (Å²) in [6.07, 6.45) is -0.218. The molecule has 9 heteroatoms. The van der Waals surface area contributed by atoms with Crippen molar-refractivity contribution in [2.75, 3.05) is 7.11 Å². The molecule has 22 heavy (non-hydrogen) atoms. The lowest BCUT2D eigenvalue weighted by Gasteiger charge is -2.22. The summed E-state index contributed by atoms with van der Waals surface area (Å²) in [6, 6.07) is 0. The number of rotatable bonds is 3. The van der Waals surface area contributed by atoms with Crippen molar-refractivity contribution in [1.29, 1.82) is 0 Å². The Morgan fingerprint density at radius 3 is 2.73 bits per heavy atom. The van der Waals surface area contributed by atoms with Gasteiger partial charge in [-0.1, -0.05) is 12.2 Å². The van der Waals surface area contributed by atoms with E-state index in [-0.39, 0.29) is 12.5 Å². The number of allylic oxidation sites excluding steroid dienone is 1. The van der Waals surface area contributed by atoms with Crippen LogP contribution in [0.4, 0.5) is 13.2 Å². The topological polar surface area (TPSA) is 66.1 Å². The summed E-state index contributed by atoms with van der Waals surface area (Å²) in [4.78, 5) is 23.3. The highest BCUT2D eigenvalue weighted by atomic mass is 19.4. The van der Waals surface area contributed by atoms with E-state index in [9.17, 15) is 22.8 Å². The van der Waals surface area contributed by atoms with Gasteiger partial charge < -0.3 is 4.74 Å². The molecule has 0 bridgehead atoms. The molecule has 1 heterocycles. The predicted molar refractivity (Wildman–Crippen MR) is 69.8 cm³/mol. The van der Waals surface area contributed by atoms with Crippen LogP contribution in [0.2, 0.25) is 0 Å². The van der Waals surface area contributed by atoms with Crippen LogP contribution >= 0.6 is 0 Å². The van der Waals surface area contributed by atoms with Gasteiger partial charge in [0.2, 0.25) is 5.82 Å². The van der Waals surface area contributed by atoms with Crippen molar-refractivity contribution in [3.8, 4) is 0 Å². The number of hydrogen-bond acceptors (Lipinski definition) is 4. The quantitative estimate of drug-likeness (QED) is 0.623. The summed E-state index contributed by atoms with van der Waals surface area (Å²) in [6.45, 7) is 0.0284. The molecule has 0 N–H and O–H groups in total. The number of nitrogens with zero attached hydrogens (tertiary/aromatic N) is 3. The van der Waals surface area contributed by atoms with Gasteiger partial charge in [-0.25, -0.2) is 9.48 Å². The molecule has 6 nitrogen and oxygen atoms in total. The van der Waals surface area contributed by atoms with Crippen molar-refractivity contribution in [2.45, 2.75) is 25.6 Å². The average molecular weight is 319 g/mol. The lowest BCUT2D eigenvalue weighted by molar-refractivity contribution is -0.147. The molecule has 1 aromatic rings. The molecule has 122 valence electrons. The molecule has 2 unspecified atom stereocenters. The molecule has 2 rings (SSSR count). The standard InChI is InChI=1S/C13H16F3N3O3/c1-18-11(13(14,15)16)17-19(12(18)21)7-8-4-3-5-9(6-8)10(20)22-2/h3,5,8-9H,4,6-7H2,1-2H3. The molecule has 1 aliphatic rings. The van der Waals surface area contributed by atoms with Crippen LogP contribution in [-0.2, 0) is 29.3 Å². The van der Waals surface area contributed by atoms with Gasteiger partial charge in [0.15, 0.2) is 0 Å². The van der Waals surface area contributed by atoms with Gasteiger partial charge in [-0.2, -0.15) is 13.2 Å². The van der Waals surface area contributed by atoms with E-state index in [1.165, 1.54) is 7.11 Å². The summed E-state index contributed by atoms with van der Waals surface area (Å²) >= 11 is 0. The number of carbonyl (C=O) groups is 1. The Morgan fingerprint density at radius 2 is 2.18 bits per heavy atom. The first-order valence-corrected chi connectivity index (χ1v) is 6.69. The van der Waals surface area contributed by atoms with Crippen LogP contribution in [0, 0.1) is 11.8 Å². The minimum Gasteiger partial charge on any atom is -0.469 e. The number of carbonyl (C=O) groups excluding carboxylic acids is 1. The van der Waals surface area contributed by atoms with Gasteiger partial charge in [-0.3, -0.25) is 9.36 Å². The molecule has 0 spiro atoms. The highest BCUT2D eigenvalue weighted by Gasteiger charge is 2.38. The maximum Gasteiger partial charge on any atom is 0.451 e. The van der Waals surface area contributed by atoms with Gasteiger partial charge in [-0.15, -0.1) is 5.10 Å². The molecule has 2 atom stereocenters. The third kappa shape index (κ3) is 3.23. The third-order valence-electron chi connectivity index (χ3n) is 3.65. The monoisotopic (exact) mass is 319 g/mol. The normalized spacial score (nSPS) is 21.9. The molecule has 1 aromatic heterocycles. The Hall–Kier alpha value is -2.06. The van der Waals surface area contributed by atoms with Crippen molar-refractivity contribution in [3.63, 3.8) is 0 Å². The second-order valence-electron chi connectivity index (χ2n) is 5.24. The minimum atomic E-state index is -4.68. The first-order valence-electron chi connectivity index (χ1n) is 6.69. The van der Waals surface area contributed by atoms with Gasteiger partial charge in [0.25, 0.3) is 0 Å². The molecule has 0 aliphatic heterocycles. The largest absolute Gasteiger partial charge is 0.469 e. The summed E-state index contributed by atoms with van der Waals surface area (Å²) in [5, 5.41) is 3.37. The Kier molecular flexibility index (Phi) is 4.43. The molecule has 0 amide bonds. The van der Waals surface area contributed by atoms with E-state index in [4.69, 9.17) is 0 Å². The number of ether oxygens (including phenoxy) is 1. The molecular formula is C13H16F3N3O3. The molecule has 0 saturated heterocycles. The highest BCUT2D eigenvalue weighted by Crippen LogP contribution is 2.28. The summed E-state index contributed by atoms with van der Waals surface area (Å²) in [5.74, 6) is -2.22. The Balaban J connectivity index is 2.17. The van der Waals surface area contributed by atoms with Gasteiger partial charge >= 0.3 is 17.8 Å². The third-order valence-corrected chi connectivity index (χ3v) is 3.65. The summed E-state index contributed by atoms with van der Waals surface area (Å²) in [5.41, 5.74) is -0.823. The number of methoxy groups -OCH3 is 1. The van der Waals surface area contributed by atoms with E-state index in [2.05, 4.69) is 9.84 Å². The van der Waals surface area contributed by atoms with Crippen molar-refractivity contribution < 1.29 is 22.7 Å². The van der Waals surface area contributed by atoms with Gasteiger partial charge in [0.1, 0.15) is 0 Å². The van der Waals surface area contributed by atoms with Crippen LogP contribution in [0.3, 0.4) is 0 Å². The Bertz CT molecular complexity index is 645. The van der Waals surface area contributed by atoms with Crippen molar-refractivity contribution >= 4 is 5.97 Å². The molecule has 1 aliphatic carbocycles. The van der Waals surface area contributed by atoms with Crippen LogP contribution < -0.4 is 5.69 Å². The number of esters is 1. The van der Waals surface area contributed by atoms with Gasteiger partial charge in [-0.05, 0) is 18.8 Å². The number of aromatic nitrogens is 3. The zero-order valence-corrected chi connectivity index (χ0v) is 12.1. The SMILES string of the molecule is COC(=O)C1C=CCC(Cn2nc(C(F)(F)F)n(C)c2=O)C1. The maximum atomic E-state index is 12.7. The van der Waals surface area contributed by atoms with E-state index >= 15 is 0 Å². The van der Waals surface area contributed by atoms with Crippen LogP contribution in [-0.4, -0.2) is 27.4 Å². The van der Waals surface area contributed by atoms with E-state index in [0.29, 0.717) is 17.4 Å². The predicted octanol–water partition coefficient (Wildman–Crippen LogP) is 1.36.